The zero-order chi connectivity index (χ0) is 21.0. The predicted molar refractivity (Wildman–Crippen MR) is 112 cm³/mol. The maximum absolute atomic E-state index is 13.5. The molecule has 0 bridgehead atoms. The first-order chi connectivity index (χ1) is 13.8. The van der Waals surface area contributed by atoms with Crippen LogP contribution in [0.25, 0.3) is 0 Å². The van der Waals surface area contributed by atoms with Gasteiger partial charge < -0.3 is 15.7 Å². The van der Waals surface area contributed by atoms with Crippen LogP contribution in [-0.2, 0) is 12.8 Å². The second-order valence-electron chi connectivity index (χ2n) is 7.96. The molecule has 1 aliphatic rings. The summed E-state index contributed by atoms with van der Waals surface area (Å²) in [5.41, 5.74) is 2.93. The van der Waals surface area contributed by atoms with Crippen LogP contribution in [0.4, 0.5) is 13.6 Å². The molecule has 3 rings (SSSR count). The van der Waals surface area contributed by atoms with Crippen molar-refractivity contribution in [2.45, 2.75) is 44.4 Å². The fourth-order valence-electron chi connectivity index (χ4n) is 4.15. The van der Waals surface area contributed by atoms with Crippen molar-refractivity contribution in [3.05, 3.63) is 70.8 Å². The Hall–Kier alpha value is -2.25. The van der Waals surface area contributed by atoms with Crippen molar-refractivity contribution >= 4 is 13.7 Å². The number of fused-ring (bicyclic) bond motifs is 1. The minimum Gasteiger partial charge on any atom is -0.390 e. The van der Waals surface area contributed by atoms with Crippen LogP contribution in [-0.4, -0.2) is 37.4 Å². The van der Waals surface area contributed by atoms with Crippen LogP contribution in [0, 0.1) is 17.6 Å². The van der Waals surface area contributed by atoms with Gasteiger partial charge in [-0.25, -0.2) is 8.78 Å². The molecule has 1 aliphatic carbocycles. The molecule has 0 heterocycles. The number of hydrogen-bond donors (Lipinski definition) is 3. The first-order valence-electron chi connectivity index (χ1n) is 10.0. The molecule has 0 spiro atoms. The Balaban J connectivity index is 1.70. The van der Waals surface area contributed by atoms with E-state index in [1.165, 1.54) is 31.1 Å². The highest BCUT2D eigenvalue weighted by Crippen LogP contribution is 2.34. The number of rotatable bonds is 7. The number of aliphatic hydroxyl groups excluding tert-OH is 1. The smallest absolute Gasteiger partial charge is 0.215 e. The molecule has 1 amide bonds. The maximum Gasteiger partial charge on any atom is 0.215 e. The first kappa shape index (κ1) is 21.5. The van der Waals surface area contributed by atoms with E-state index in [2.05, 4.69) is 29.7 Å². The lowest BCUT2D eigenvalue weighted by Crippen LogP contribution is -2.49. The van der Waals surface area contributed by atoms with E-state index in [0.717, 1.165) is 18.9 Å². The van der Waals surface area contributed by atoms with Crippen LogP contribution >= 0.6 is 0 Å². The number of benzene rings is 2. The number of amides is 1. The number of nitrogens with one attached hydrogen (secondary N) is 2. The van der Waals surface area contributed by atoms with Gasteiger partial charge in [0.05, 0.1) is 12.1 Å². The van der Waals surface area contributed by atoms with Crippen molar-refractivity contribution in [3.8, 4) is 0 Å². The van der Waals surface area contributed by atoms with Crippen LogP contribution in [0.3, 0.4) is 0 Å². The minimum absolute atomic E-state index is 0.110. The highest BCUT2D eigenvalue weighted by molar-refractivity contribution is 6.57. The highest BCUT2D eigenvalue weighted by Gasteiger charge is 2.28. The van der Waals surface area contributed by atoms with E-state index in [1.807, 2.05) is 12.1 Å². The van der Waals surface area contributed by atoms with E-state index in [9.17, 15) is 18.7 Å². The van der Waals surface area contributed by atoms with Gasteiger partial charge in [0, 0.05) is 18.7 Å². The van der Waals surface area contributed by atoms with Crippen molar-refractivity contribution < 1.29 is 18.7 Å². The van der Waals surface area contributed by atoms with Crippen LogP contribution < -0.4 is 10.6 Å². The Bertz CT molecular complexity index is 844. The second-order valence-corrected chi connectivity index (χ2v) is 7.96. The van der Waals surface area contributed by atoms with E-state index in [0.29, 0.717) is 11.5 Å². The summed E-state index contributed by atoms with van der Waals surface area (Å²) in [5, 5.41) is 16.9. The fraction of sp³-hybridized carbons (Fsp3) is 0.409. The quantitative estimate of drug-likeness (QED) is 0.626. The second kappa shape index (κ2) is 9.50. The Kier molecular flexibility index (Phi) is 7.03. The summed E-state index contributed by atoms with van der Waals surface area (Å²) in [4.78, 5) is 11.6. The molecule has 0 fully saturated rings. The largest absolute Gasteiger partial charge is 0.390 e. The van der Waals surface area contributed by atoms with E-state index < -0.39 is 23.8 Å². The summed E-state index contributed by atoms with van der Waals surface area (Å²) in [6.45, 7) is 2.44. The lowest BCUT2D eigenvalue weighted by molar-refractivity contribution is 0.121. The standard InChI is InChI=1S/C22H27BF2N2O2/c1-13-6-7-15-4-2-3-5-18(15)21(13)26-12-20(28)19(27-22(23)29)10-14-8-16(24)11-17(25)9-14/h2-5,8-9,11,13,19-21,26,28H,6-7,10,12,23H2,1H3,(H,27,29)/t13?,19?,20-,21?/m1/s1. The van der Waals surface area contributed by atoms with Gasteiger partial charge in [-0.2, -0.15) is 0 Å². The molecule has 0 saturated carbocycles. The van der Waals surface area contributed by atoms with E-state index in [1.54, 1.807) is 0 Å². The van der Waals surface area contributed by atoms with Crippen LogP contribution in [0.2, 0.25) is 0 Å². The zero-order valence-corrected chi connectivity index (χ0v) is 16.8. The average molecular weight is 400 g/mol. The number of halogens is 2. The highest BCUT2D eigenvalue weighted by atomic mass is 19.1. The van der Waals surface area contributed by atoms with Gasteiger partial charge in [-0.3, -0.25) is 4.79 Å². The average Bonchev–Trinajstić information content (AvgIpc) is 2.65. The molecular formula is C22H27BF2N2O2. The molecule has 3 unspecified atom stereocenters. The Morgan fingerprint density at radius 2 is 1.93 bits per heavy atom. The molecule has 0 saturated heterocycles. The van der Waals surface area contributed by atoms with Gasteiger partial charge in [-0.15, -0.1) is 0 Å². The number of aliphatic hydroxyl groups is 1. The van der Waals surface area contributed by atoms with Crippen LogP contribution in [0.15, 0.2) is 42.5 Å². The van der Waals surface area contributed by atoms with Gasteiger partial charge in [-0.1, -0.05) is 31.2 Å². The Morgan fingerprint density at radius 3 is 2.62 bits per heavy atom. The molecule has 2 aromatic rings. The zero-order valence-electron chi connectivity index (χ0n) is 16.8. The molecule has 2 aromatic carbocycles. The van der Waals surface area contributed by atoms with Gasteiger partial charge in [0.2, 0.25) is 7.85 Å². The first-order valence-corrected chi connectivity index (χ1v) is 10.0. The summed E-state index contributed by atoms with van der Waals surface area (Å²) < 4.78 is 27.0. The molecule has 29 heavy (non-hydrogen) atoms. The number of hydrogen-bond acceptors (Lipinski definition) is 3. The summed E-state index contributed by atoms with van der Waals surface area (Å²) in [6, 6.07) is 11.0. The van der Waals surface area contributed by atoms with Crippen molar-refractivity contribution in [3.63, 3.8) is 0 Å². The van der Waals surface area contributed by atoms with Crippen LogP contribution in [0.1, 0.15) is 36.1 Å². The molecule has 0 aromatic heterocycles. The van der Waals surface area contributed by atoms with Crippen molar-refractivity contribution in [2.75, 3.05) is 6.54 Å². The fourth-order valence-corrected chi connectivity index (χ4v) is 4.15. The lowest BCUT2D eigenvalue weighted by Gasteiger charge is -2.34. The predicted octanol–water partition coefficient (Wildman–Crippen LogP) is 2.49. The van der Waals surface area contributed by atoms with Crippen molar-refractivity contribution in [2.24, 2.45) is 5.92 Å². The summed E-state index contributed by atoms with van der Waals surface area (Å²) in [5.74, 6) is -1.25. The van der Waals surface area contributed by atoms with E-state index in [4.69, 9.17) is 0 Å². The summed E-state index contributed by atoms with van der Waals surface area (Å²) in [7, 11) is 1.36. The Morgan fingerprint density at radius 1 is 1.24 bits per heavy atom. The Labute approximate surface area is 171 Å². The number of aryl methyl sites for hydroxylation is 1. The third-order valence-electron chi connectivity index (χ3n) is 5.61. The van der Waals surface area contributed by atoms with Crippen molar-refractivity contribution in [1.29, 1.82) is 0 Å². The van der Waals surface area contributed by atoms with Gasteiger partial charge in [-0.05, 0) is 54.0 Å². The molecule has 3 N–H and O–H groups in total. The molecule has 7 heteroatoms. The number of carbonyl (C=O) groups is 1. The van der Waals surface area contributed by atoms with Gasteiger partial charge >= 0.3 is 0 Å². The van der Waals surface area contributed by atoms with Crippen LogP contribution in [0.5, 0.6) is 0 Å². The normalized spacial score (nSPS) is 20.6. The molecule has 0 radical (unpaired) electrons. The summed E-state index contributed by atoms with van der Waals surface area (Å²) >= 11 is 0. The molecular weight excluding hydrogens is 373 g/mol. The van der Waals surface area contributed by atoms with E-state index >= 15 is 0 Å². The molecule has 4 atom stereocenters. The molecule has 154 valence electrons. The SMILES string of the molecule is BC(=O)NC(Cc1cc(F)cc(F)c1)[C@H](O)CNC1c2ccccc2CCC1C. The third kappa shape index (κ3) is 5.64. The van der Waals surface area contributed by atoms with Gasteiger partial charge in [0.15, 0.2) is 5.81 Å². The summed E-state index contributed by atoms with van der Waals surface area (Å²) in [6.07, 6.45) is 1.32. The molecule has 4 nitrogen and oxygen atoms in total. The van der Waals surface area contributed by atoms with Gasteiger partial charge in [0.1, 0.15) is 11.6 Å². The van der Waals surface area contributed by atoms with E-state index in [-0.39, 0.29) is 24.8 Å². The topological polar surface area (TPSA) is 61.4 Å². The minimum atomic E-state index is -0.911. The number of carbonyl (C=O) groups excluding carboxylic acids is 1. The third-order valence-corrected chi connectivity index (χ3v) is 5.61. The van der Waals surface area contributed by atoms with Crippen molar-refractivity contribution in [1.82, 2.24) is 10.6 Å². The lowest BCUT2D eigenvalue weighted by atomic mass is 9.80. The maximum atomic E-state index is 13.5. The monoisotopic (exact) mass is 400 g/mol. The van der Waals surface area contributed by atoms with Gasteiger partial charge in [0.25, 0.3) is 0 Å². The molecule has 0 aliphatic heterocycles.